The Morgan fingerprint density at radius 3 is 2.45 bits per heavy atom. The molecule has 3 aromatic rings. The molecule has 31 heavy (non-hydrogen) atoms. The summed E-state index contributed by atoms with van der Waals surface area (Å²) in [6, 6.07) is 27.7. The molecule has 1 aliphatic heterocycles. The highest BCUT2D eigenvalue weighted by atomic mass is 15.2. The van der Waals surface area contributed by atoms with E-state index in [1.807, 2.05) is 0 Å². The molecule has 0 saturated carbocycles. The summed E-state index contributed by atoms with van der Waals surface area (Å²) in [5.74, 6) is 0. The van der Waals surface area contributed by atoms with Gasteiger partial charge in [-0.3, -0.25) is 4.90 Å². The predicted octanol–water partition coefficient (Wildman–Crippen LogP) is 6.91. The molecular formula is C30H35N. The van der Waals surface area contributed by atoms with Gasteiger partial charge in [-0.15, -0.1) is 0 Å². The Hall–Kier alpha value is -2.38. The van der Waals surface area contributed by atoms with Crippen molar-refractivity contribution in [2.45, 2.75) is 63.8 Å². The average Bonchev–Trinajstić information content (AvgIpc) is 3.21. The summed E-state index contributed by atoms with van der Waals surface area (Å²) in [7, 11) is 0. The van der Waals surface area contributed by atoms with E-state index in [4.69, 9.17) is 0 Å². The van der Waals surface area contributed by atoms with E-state index in [1.54, 1.807) is 22.3 Å². The highest BCUT2D eigenvalue weighted by Crippen LogP contribution is 2.48. The van der Waals surface area contributed by atoms with Gasteiger partial charge in [-0.2, -0.15) is 0 Å². The maximum Gasteiger partial charge on any atom is 0.0347 e. The molecule has 2 aliphatic rings. The van der Waals surface area contributed by atoms with E-state index in [-0.39, 0.29) is 5.41 Å². The topological polar surface area (TPSA) is 3.24 Å². The molecule has 3 aromatic carbocycles. The third-order valence-electron chi connectivity index (χ3n) is 7.52. The van der Waals surface area contributed by atoms with E-state index in [9.17, 15) is 0 Å². The highest BCUT2D eigenvalue weighted by molar-refractivity contribution is 5.55. The van der Waals surface area contributed by atoms with Gasteiger partial charge in [0.25, 0.3) is 0 Å². The van der Waals surface area contributed by atoms with Crippen molar-refractivity contribution in [2.75, 3.05) is 13.1 Å². The lowest BCUT2D eigenvalue weighted by Gasteiger charge is -2.38. The number of aryl methyl sites for hydroxylation is 1. The first kappa shape index (κ1) is 20.5. The van der Waals surface area contributed by atoms with Crippen LogP contribution >= 0.6 is 0 Å². The lowest BCUT2D eigenvalue weighted by Crippen LogP contribution is -2.36. The molecule has 1 aliphatic carbocycles. The normalized spacial score (nSPS) is 20.0. The lowest BCUT2D eigenvalue weighted by atomic mass is 9.65. The van der Waals surface area contributed by atoms with E-state index in [0.717, 1.165) is 19.5 Å². The van der Waals surface area contributed by atoms with E-state index in [2.05, 4.69) is 84.6 Å². The fourth-order valence-corrected chi connectivity index (χ4v) is 5.97. The second kappa shape index (κ2) is 9.01. The average molecular weight is 410 g/mol. The number of nitrogens with zero attached hydrogens (tertiary/aromatic N) is 1. The van der Waals surface area contributed by atoms with E-state index < -0.39 is 0 Å². The van der Waals surface area contributed by atoms with Crippen LogP contribution in [0.5, 0.6) is 0 Å². The molecule has 1 fully saturated rings. The fourth-order valence-electron chi connectivity index (χ4n) is 5.97. The first-order valence-corrected chi connectivity index (χ1v) is 12.3. The van der Waals surface area contributed by atoms with Crippen LogP contribution in [-0.4, -0.2) is 18.0 Å². The molecule has 1 spiro atoms. The number of unbranched alkanes of at least 4 members (excludes halogenated alkanes) is 3. The Morgan fingerprint density at radius 2 is 1.58 bits per heavy atom. The molecule has 0 bridgehead atoms. The van der Waals surface area contributed by atoms with Gasteiger partial charge in [0.05, 0.1) is 0 Å². The fraction of sp³-hybridized carbons (Fsp3) is 0.400. The summed E-state index contributed by atoms with van der Waals surface area (Å²) >= 11 is 0. The van der Waals surface area contributed by atoms with Gasteiger partial charge < -0.3 is 0 Å². The molecule has 0 amide bonds. The number of rotatable bonds is 7. The molecule has 1 heteroatoms. The number of likely N-dealkylation sites (tertiary alicyclic amines) is 1. The van der Waals surface area contributed by atoms with Gasteiger partial charge in [0.1, 0.15) is 0 Å². The molecule has 160 valence electrons. The zero-order valence-corrected chi connectivity index (χ0v) is 18.9. The summed E-state index contributed by atoms with van der Waals surface area (Å²) in [5, 5.41) is 0. The van der Waals surface area contributed by atoms with Crippen molar-refractivity contribution in [1.82, 2.24) is 4.90 Å². The van der Waals surface area contributed by atoms with Crippen molar-refractivity contribution in [3.63, 3.8) is 0 Å². The van der Waals surface area contributed by atoms with Gasteiger partial charge in [-0.25, -0.2) is 0 Å². The standard InChI is InChI=1S/C30H35N/c1-2-3-4-6-11-24-16-17-29-27(20-24)21-26-14-9-10-15-28(26)30(29)18-19-31(23-30)22-25-12-7-5-8-13-25/h5,7-10,12-17,20H,2-4,6,11,18-19,21-23H2,1H3. The number of hydrogen-bond acceptors (Lipinski definition) is 1. The van der Waals surface area contributed by atoms with Gasteiger partial charge >= 0.3 is 0 Å². The third-order valence-corrected chi connectivity index (χ3v) is 7.52. The van der Waals surface area contributed by atoms with Crippen LogP contribution in [0.1, 0.15) is 72.4 Å². The largest absolute Gasteiger partial charge is 0.298 e. The zero-order chi connectivity index (χ0) is 21.1. The quantitative estimate of drug-likeness (QED) is 0.383. The monoisotopic (exact) mass is 409 g/mol. The van der Waals surface area contributed by atoms with E-state index >= 15 is 0 Å². The minimum absolute atomic E-state index is 0.152. The second-order valence-electron chi connectivity index (χ2n) is 9.66. The molecule has 0 aromatic heterocycles. The molecular weight excluding hydrogens is 374 g/mol. The van der Waals surface area contributed by atoms with Crippen molar-refractivity contribution < 1.29 is 0 Å². The van der Waals surface area contributed by atoms with Crippen molar-refractivity contribution >= 4 is 0 Å². The maximum absolute atomic E-state index is 2.67. The lowest BCUT2D eigenvalue weighted by molar-refractivity contribution is 0.313. The van der Waals surface area contributed by atoms with Crippen LogP contribution in [0.15, 0.2) is 72.8 Å². The Balaban J connectivity index is 1.44. The Bertz CT molecular complexity index is 1020. The van der Waals surface area contributed by atoms with Crippen LogP contribution in [0.2, 0.25) is 0 Å². The van der Waals surface area contributed by atoms with Crippen LogP contribution in [0, 0.1) is 0 Å². The summed E-state index contributed by atoms with van der Waals surface area (Å²) in [4.78, 5) is 2.67. The molecule has 0 N–H and O–H groups in total. The van der Waals surface area contributed by atoms with Crippen LogP contribution in [0.3, 0.4) is 0 Å². The first-order valence-electron chi connectivity index (χ1n) is 12.3. The summed E-state index contributed by atoms with van der Waals surface area (Å²) in [5.41, 5.74) is 9.40. The SMILES string of the molecule is CCCCCCc1ccc2c(c1)Cc1ccccc1C21CCN(Cc2ccccc2)C1. The minimum Gasteiger partial charge on any atom is -0.298 e. The van der Waals surface area contributed by atoms with Gasteiger partial charge in [-0.1, -0.05) is 99.0 Å². The number of benzene rings is 3. The zero-order valence-electron chi connectivity index (χ0n) is 18.9. The minimum atomic E-state index is 0.152. The van der Waals surface area contributed by atoms with Gasteiger partial charge in [0, 0.05) is 18.5 Å². The summed E-state index contributed by atoms with van der Waals surface area (Å²) < 4.78 is 0. The van der Waals surface area contributed by atoms with Gasteiger partial charge in [0.15, 0.2) is 0 Å². The molecule has 5 rings (SSSR count). The van der Waals surface area contributed by atoms with E-state index in [1.165, 1.54) is 56.2 Å². The van der Waals surface area contributed by atoms with E-state index in [0.29, 0.717) is 0 Å². The van der Waals surface area contributed by atoms with Crippen LogP contribution < -0.4 is 0 Å². The number of hydrogen-bond donors (Lipinski definition) is 0. The predicted molar refractivity (Wildman–Crippen MR) is 131 cm³/mol. The first-order chi connectivity index (χ1) is 15.3. The maximum atomic E-state index is 2.67. The Labute approximate surface area is 188 Å². The summed E-state index contributed by atoms with van der Waals surface area (Å²) in [6.07, 6.45) is 8.88. The second-order valence-corrected chi connectivity index (χ2v) is 9.66. The molecule has 1 heterocycles. The smallest absolute Gasteiger partial charge is 0.0347 e. The Kier molecular flexibility index (Phi) is 5.96. The van der Waals surface area contributed by atoms with Crippen LogP contribution in [-0.2, 0) is 24.8 Å². The third kappa shape index (κ3) is 4.08. The van der Waals surface area contributed by atoms with Gasteiger partial charge in [-0.05, 0) is 65.6 Å². The van der Waals surface area contributed by atoms with Crippen LogP contribution in [0.25, 0.3) is 0 Å². The molecule has 1 nitrogen and oxygen atoms in total. The van der Waals surface area contributed by atoms with Crippen molar-refractivity contribution in [1.29, 1.82) is 0 Å². The highest BCUT2D eigenvalue weighted by Gasteiger charge is 2.45. The van der Waals surface area contributed by atoms with Crippen molar-refractivity contribution in [3.05, 3.63) is 106 Å². The Morgan fingerprint density at radius 1 is 0.774 bits per heavy atom. The van der Waals surface area contributed by atoms with Gasteiger partial charge in [0.2, 0.25) is 0 Å². The molecule has 1 unspecified atom stereocenters. The molecule has 1 saturated heterocycles. The van der Waals surface area contributed by atoms with Crippen molar-refractivity contribution in [3.8, 4) is 0 Å². The number of fused-ring (bicyclic) bond motifs is 4. The van der Waals surface area contributed by atoms with Crippen LogP contribution in [0.4, 0.5) is 0 Å². The van der Waals surface area contributed by atoms with Crippen molar-refractivity contribution in [2.24, 2.45) is 0 Å². The molecule has 0 radical (unpaired) electrons. The summed E-state index contributed by atoms with van der Waals surface area (Å²) in [6.45, 7) is 5.64. The molecule has 1 atom stereocenters.